The number of amidine groups is 1. The van der Waals surface area contributed by atoms with E-state index in [2.05, 4.69) is 36.5 Å². The normalized spacial score (nSPS) is 12.3. The summed E-state index contributed by atoms with van der Waals surface area (Å²) < 4.78 is 0. The number of nitrogens with one attached hydrogen (secondary N) is 1. The average molecular weight is 232 g/mol. The number of rotatable bonds is 4. The second-order valence-electron chi connectivity index (χ2n) is 4.96. The summed E-state index contributed by atoms with van der Waals surface area (Å²) in [6, 6.07) is 10.0. The third kappa shape index (κ3) is 4.93. The molecule has 3 heteroatoms. The number of anilines is 1. The molecule has 1 N–H and O–H groups in total. The smallest absolute Gasteiger partial charge is 0.124 e. The van der Waals surface area contributed by atoms with Crippen molar-refractivity contribution in [3.05, 3.63) is 43.0 Å². The van der Waals surface area contributed by atoms with Crippen LogP contribution in [-0.4, -0.2) is 20.1 Å². The first-order valence-electron chi connectivity index (χ1n) is 5.50. The maximum Gasteiger partial charge on any atom is 0.124 e. The third-order valence-corrected chi connectivity index (χ3v) is 3.07. The standard InChI is InChI=1S/C13H20N2Si/c1-5-13(14-11-16(2,3)4)15-12-9-7-6-8-10-12/h5-10H,1,11H2,2-4H3,(H,14,15). The van der Waals surface area contributed by atoms with Crippen molar-refractivity contribution in [2.45, 2.75) is 19.6 Å². The lowest BCUT2D eigenvalue weighted by molar-refractivity contribution is 1.27. The van der Waals surface area contributed by atoms with E-state index in [0.29, 0.717) is 0 Å². The van der Waals surface area contributed by atoms with E-state index in [4.69, 9.17) is 0 Å². The van der Waals surface area contributed by atoms with Crippen LogP contribution in [0.3, 0.4) is 0 Å². The second kappa shape index (κ2) is 5.65. The van der Waals surface area contributed by atoms with Gasteiger partial charge in [-0.05, 0) is 18.2 Å². The Morgan fingerprint density at radius 3 is 2.44 bits per heavy atom. The Balaban J connectivity index is 2.66. The first-order chi connectivity index (χ1) is 7.51. The molecule has 0 radical (unpaired) electrons. The Kier molecular flexibility index (Phi) is 4.49. The summed E-state index contributed by atoms with van der Waals surface area (Å²) in [6.07, 6.45) is 2.70. The number of nitrogens with zero attached hydrogens (tertiary/aromatic N) is 1. The van der Waals surface area contributed by atoms with Crippen LogP contribution in [0.15, 0.2) is 48.0 Å². The number of hydrogen-bond acceptors (Lipinski definition) is 1. The Morgan fingerprint density at radius 2 is 1.94 bits per heavy atom. The van der Waals surface area contributed by atoms with Gasteiger partial charge in [0.05, 0.1) is 8.07 Å². The highest BCUT2D eigenvalue weighted by atomic mass is 28.3. The minimum Gasteiger partial charge on any atom is -0.341 e. The van der Waals surface area contributed by atoms with Crippen LogP contribution in [0.4, 0.5) is 5.69 Å². The van der Waals surface area contributed by atoms with Gasteiger partial charge >= 0.3 is 0 Å². The summed E-state index contributed by atoms with van der Waals surface area (Å²) in [6.45, 7) is 10.7. The predicted molar refractivity (Wildman–Crippen MR) is 75.9 cm³/mol. The van der Waals surface area contributed by atoms with Gasteiger partial charge in [-0.15, -0.1) is 0 Å². The highest BCUT2D eigenvalue weighted by molar-refractivity contribution is 6.76. The van der Waals surface area contributed by atoms with E-state index < -0.39 is 8.07 Å². The summed E-state index contributed by atoms with van der Waals surface area (Å²) in [5.74, 6) is 0.855. The molecule has 0 heterocycles. The first kappa shape index (κ1) is 12.7. The molecule has 0 saturated heterocycles. The van der Waals surface area contributed by atoms with Crippen molar-refractivity contribution >= 4 is 19.6 Å². The van der Waals surface area contributed by atoms with E-state index in [-0.39, 0.29) is 0 Å². The largest absolute Gasteiger partial charge is 0.341 e. The van der Waals surface area contributed by atoms with Gasteiger partial charge < -0.3 is 5.32 Å². The summed E-state index contributed by atoms with van der Waals surface area (Å²) >= 11 is 0. The zero-order valence-electron chi connectivity index (χ0n) is 10.3. The molecule has 0 amide bonds. The topological polar surface area (TPSA) is 24.4 Å². The van der Waals surface area contributed by atoms with Gasteiger partial charge in [-0.2, -0.15) is 0 Å². The van der Waals surface area contributed by atoms with Crippen LogP contribution in [0, 0.1) is 0 Å². The lowest BCUT2D eigenvalue weighted by atomic mass is 10.3. The van der Waals surface area contributed by atoms with Gasteiger partial charge in [0.15, 0.2) is 0 Å². The quantitative estimate of drug-likeness (QED) is 0.479. The average Bonchev–Trinajstić information content (AvgIpc) is 2.24. The predicted octanol–water partition coefficient (Wildman–Crippen LogP) is 3.56. The fourth-order valence-electron chi connectivity index (χ4n) is 1.15. The number of benzene rings is 1. The van der Waals surface area contributed by atoms with Crippen molar-refractivity contribution < 1.29 is 0 Å². The zero-order valence-corrected chi connectivity index (χ0v) is 11.3. The van der Waals surface area contributed by atoms with Gasteiger partial charge in [-0.3, -0.25) is 4.99 Å². The van der Waals surface area contributed by atoms with Crippen LogP contribution in [0.25, 0.3) is 0 Å². The number of hydrogen-bond donors (Lipinski definition) is 1. The fourth-order valence-corrected chi connectivity index (χ4v) is 1.79. The minimum atomic E-state index is -1.13. The van der Waals surface area contributed by atoms with Gasteiger partial charge in [0.2, 0.25) is 0 Å². The van der Waals surface area contributed by atoms with Gasteiger partial charge in [-0.25, -0.2) is 0 Å². The molecule has 0 fully saturated rings. The summed E-state index contributed by atoms with van der Waals surface area (Å²) in [5, 5.41) is 3.26. The Hall–Kier alpha value is -1.35. The van der Waals surface area contributed by atoms with E-state index in [9.17, 15) is 0 Å². The Labute approximate surface area is 99.1 Å². The fraction of sp³-hybridized carbons (Fsp3) is 0.308. The van der Waals surface area contributed by atoms with Crippen molar-refractivity contribution in [3.8, 4) is 0 Å². The molecule has 1 aromatic carbocycles. The van der Waals surface area contributed by atoms with E-state index in [1.807, 2.05) is 30.3 Å². The molecule has 0 aliphatic heterocycles. The summed E-state index contributed by atoms with van der Waals surface area (Å²) in [5.41, 5.74) is 1.05. The van der Waals surface area contributed by atoms with Gasteiger partial charge in [0.25, 0.3) is 0 Å². The monoisotopic (exact) mass is 232 g/mol. The molecular weight excluding hydrogens is 212 g/mol. The van der Waals surface area contributed by atoms with E-state index in [1.165, 1.54) is 0 Å². The van der Waals surface area contributed by atoms with Crippen LogP contribution >= 0.6 is 0 Å². The maximum absolute atomic E-state index is 4.56. The Morgan fingerprint density at radius 1 is 1.31 bits per heavy atom. The van der Waals surface area contributed by atoms with Crippen molar-refractivity contribution in [3.63, 3.8) is 0 Å². The molecule has 0 aromatic heterocycles. The molecule has 0 aliphatic rings. The molecule has 0 bridgehead atoms. The SMILES string of the molecule is C=C/C(=N/C[Si](C)(C)C)Nc1ccccc1. The molecule has 2 nitrogen and oxygen atoms in total. The van der Waals surface area contributed by atoms with Gasteiger partial charge in [-0.1, -0.05) is 44.4 Å². The molecular formula is C13H20N2Si. The third-order valence-electron chi connectivity index (χ3n) is 1.96. The lowest BCUT2D eigenvalue weighted by Crippen LogP contribution is -2.26. The highest BCUT2D eigenvalue weighted by Crippen LogP contribution is 2.06. The van der Waals surface area contributed by atoms with E-state index >= 15 is 0 Å². The molecule has 0 unspecified atom stereocenters. The number of para-hydroxylation sites is 1. The minimum absolute atomic E-state index is 0.855. The molecule has 0 saturated carbocycles. The molecule has 86 valence electrons. The second-order valence-corrected chi connectivity index (χ2v) is 10.4. The van der Waals surface area contributed by atoms with Crippen molar-refractivity contribution in [1.82, 2.24) is 0 Å². The van der Waals surface area contributed by atoms with Crippen molar-refractivity contribution in [1.29, 1.82) is 0 Å². The molecule has 0 aliphatic carbocycles. The van der Waals surface area contributed by atoms with Crippen molar-refractivity contribution in [2.75, 3.05) is 11.5 Å². The molecule has 1 aromatic rings. The van der Waals surface area contributed by atoms with Crippen LogP contribution in [0.5, 0.6) is 0 Å². The van der Waals surface area contributed by atoms with Gasteiger partial charge in [0, 0.05) is 11.9 Å². The summed E-state index contributed by atoms with van der Waals surface area (Å²) in [4.78, 5) is 4.56. The summed E-state index contributed by atoms with van der Waals surface area (Å²) in [7, 11) is -1.13. The maximum atomic E-state index is 4.56. The zero-order chi connectivity index (χ0) is 12.0. The molecule has 1 rings (SSSR count). The van der Waals surface area contributed by atoms with Gasteiger partial charge in [0.1, 0.15) is 5.84 Å². The lowest BCUT2D eigenvalue weighted by Gasteiger charge is -2.13. The van der Waals surface area contributed by atoms with E-state index in [0.717, 1.165) is 17.7 Å². The molecule has 16 heavy (non-hydrogen) atoms. The van der Waals surface area contributed by atoms with Crippen LogP contribution in [0.2, 0.25) is 19.6 Å². The first-order valence-corrected chi connectivity index (χ1v) is 9.21. The molecule has 0 atom stereocenters. The van der Waals surface area contributed by atoms with E-state index in [1.54, 1.807) is 6.08 Å². The Bertz CT molecular complexity index is 363. The van der Waals surface area contributed by atoms with Crippen LogP contribution in [0.1, 0.15) is 0 Å². The van der Waals surface area contributed by atoms with Crippen LogP contribution < -0.4 is 5.32 Å². The number of aliphatic imine (C=N–C) groups is 1. The highest BCUT2D eigenvalue weighted by Gasteiger charge is 2.11. The van der Waals surface area contributed by atoms with Crippen LogP contribution in [-0.2, 0) is 0 Å². The van der Waals surface area contributed by atoms with Crippen molar-refractivity contribution in [2.24, 2.45) is 4.99 Å². The molecule has 0 spiro atoms.